The minimum Gasteiger partial charge on any atom is -0.390 e. The number of aliphatic hydroxyl groups excluding tert-OH is 2. The van der Waals surface area contributed by atoms with Gasteiger partial charge in [-0.1, -0.05) is 64.6 Å². The molecule has 5 fully saturated rings. The van der Waals surface area contributed by atoms with E-state index >= 15 is 0 Å². The van der Waals surface area contributed by atoms with Gasteiger partial charge >= 0.3 is 0 Å². The first-order valence-electron chi connectivity index (χ1n) is 29.2. The molecule has 15 atom stereocenters. The summed E-state index contributed by atoms with van der Waals surface area (Å²) in [5, 5.41) is 26.5. The lowest BCUT2D eigenvalue weighted by Gasteiger charge is -2.27. The van der Waals surface area contributed by atoms with Crippen molar-refractivity contribution in [2.45, 2.75) is 151 Å². The van der Waals surface area contributed by atoms with E-state index in [9.17, 15) is 10.2 Å². The van der Waals surface area contributed by atoms with Crippen LogP contribution in [0.5, 0.6) is 0 Å². The highest BCUT2D eigenvalue weighted by Crippen LogP contribution is 2.57. The minimum absolute atomic E-state index is 0.0474. The van der Waals surface area contributed by atoms with Crippen LogP contribution >= 0.6 is 46.4 Å². The molecule has 0 bridgehead atoms. The molecule has 2 saturated heterocycles. The lowest BCUT2D eigenvalue weighted by molar-refractivity contribution is -0.167. The lowest BCUT2D eigenvalue weighted by atomic mass is 9.91. The first-order valence-corrected chi connectivity index (χ1v) is 30.8. The van der Waals surface area contributed by atoms with Crippen molar-refractivity contribution in [3.63, 3.8) is 0 Å². The van der Waals surface area contributed by atoms with Crippen LogP contribution in [-0.2, 0) is 53.0 Å². The summed E-state index contributed by atoms with van der Waals surface area (Å²) in [4.78, 5) is 25.5. The van der Waals surface area contributed by atoms with Gasteiger partial charge in [0.2, 0.25) is 0 Å². The summed E-state index contributed by atoms with van der Waals surface area (Å²) in [6, 6.07) is 23.3. The summed E-state index contributed by atoms with van der Waals surface area (Å²) in [6.45, 7) is 9.47. The zero-order valence-electron chi connectivity index (χ0n) is 47.7. The zero-order valence-corrected chi connectivity index (χ0v) is 50.8. The number of nitrogen functional groups attached to an aromatic ring is 2. The van der Waals surface area contributed by atoms with Gasteiger partial charge in [-0.05, 0) is 135 Å². The van der Waals surface area contributed by atoms with Gasteiger partial charge in [0.25, 0.3) is 0 Å². The maximum Gasteiger partial charge on any atom is 0.163 e. The monoisotopic (exact) mass is 1260 g/mol. The molecule has 452 valence electrons. The highest BCUT2D eigenvalue weighted by atomic mass is 35.5. The van der Waals surface area contributed by atoms with Crippen molar-refractivity contribution in [2.75, 3.05) is 11.5 Å². The molecule has 9 aromatic rings. The Morgan fingerprint density at radius 1 is 0.448 bits per heavy atom. The number of ether oxygens (including phenoxy) is 7. The molecule has 3 aromatic carbocycles. The fraction of sp³-hybridized carbons (Fsp3) is 0.429. The number of nitrogens with two attached hydrogens (primary N) is 2. The van der Waals surface area contributed by atoms with Gasteiger partial charge in [-0.25, -0.2) is 29.9 Å². The summed E-state index contributed by atoms with van der Waals surface area (Å²) in [7, 11) is 0. The van der Waals surface area contributed by atoms with E-state index in [2.05, 4.69) is 51.2 Å². The van der Waals surface area contributed by atoms with E-state index < -0.39 is 23.8 Å². The van der Waals surface area contributed by atoms with Gasteiger partial charge in [-0.15, -0.1) is 0 Å². The molecular weight excluding hydrogens is 1200 g/mol. The molecule has 6 N–H and O–H groups in total. The Kier molecular flexibility index (Phi) is 14.4. The summed E-state index contributed by atoms with van der Waals surface area (Å²) in [5.74, 6) is -0.343. The predicted molar refractivity (Wildman–Crippen MR) is 324 cm³/mol. The number of aromatic nitrogens is 9. The van der Waals surface area contributed by atoms with E-state index in [0.29, 0.717) is 53.7 Å². The van der Waals surface area contributed by atoms with Gasteiger partial charge in [0, 0.05) is 51.4 Å². The van der Waals surface area contributed by atoms with Gasteiger partial charge in [0.15, 0.2) is 11.6 Å². The molecule has 3 aliphatic carbocycles. The molecule has 20 nitrogen and oxygen atoms in total. The van der Waals surface area contributed by atoms with Crippen molar-refractivity contribution in [1.82, 2.24) is 43.6 Å². The number of fused-ring (bicyclic) bond motifs is 8. The number of benzene rings is 3. The summed E-state index contributed by atoms with van der Waals surface area (Å²) >= 11 is 24.7. The van der Waals surface area contributed by atoms with Crippen LogP contribution in [0.15, 0.2) is 110 Å². The quantitative estimate of drug-likeness (QED) is 0.113. The Bertz CT molecular complexity index is 3970. The van der Waals surface area contributed by atoms with Crippen LogP contribution < -0.4 is 11.5 Å². The third-order valence-electron chi connectivity index (χ3n) is 18.9. The molecule has 8 aliphatic rings. The average Bonchev–Trinajstić information content (AvgIpc) is 1.61. The Hall–Kier alpha value is -6.08. The van der Waals surface area contributed by atoms with Crippen LogP contribution in [0.3, 0.4) is 0 Å². The molecule has 87 heavy (non-hydrogen) atoms. The van der Waals surface area contributed by atoms with Crippen LogP contribution in [0.1, 0.15) is 117 Å². The van der Waals surface area contributed by atoms with Crippen molar-refractivity contribution in [3.05, 3.63) is 164 Å². The zero-order chi connectivity index (χ0) is 59.9. The predicted octanol–water partition coefficient (Wildman–Crippen LogP) is 11.3. The third kappa shape index (κ3) is 9.94. The molecule has 0 unspecified atom stereocenters. The molecule has 3 saturated carbocycles. The van der Waals surface area contributed by atoms with E-state index in [1.54, 1.807) is 0 Å². The summed E-state index contributed by atoms with van der Waals surface area (Å²) < 4.78 is 50.3. The topological polar surface area (TPSA) is 249 Å². The van der Waals surface area contributed by atoms with E-state index in [4.69, 9.17) is 91.0 Å². The highest BCUT2D eigenvalue weighted by molar-refractivity contribution is 6.34. The Balaban J connectivity index is 0.000000110. The Labute approximate surface area is 519 Å². The number of anilines is 2. The second-order valence-corrected chi connectivity index (χ2v) is 26.5. The van der Waals surface area contributed by atoms with Gasteiger partial charge in [-0.3, -0.25) is 0 Å². The molecule has 6 aromatic heterocycles. The van der Waals surface area contributed by atoms with Crippen LogP contribution in [-0.4, -0.2) is 102 Å². The maximum absolute atomic E-state index is 10.8. The minimum atomic E-state index is -0.929. The molecule has 24 heteroatoms. The van der Waals surface area contributed by atoms with Gasteiger partial charge in [-0.2, -0.15) is 0 Å². The Morgan fingerprint density at radius 3 is 1.26 bits per heavy atom. The summed E-state index contributed by atoms with van der Waals surface area (Å²) in [5.41, 5.74) is 21.0. The smallest absolute Gasteiger partial charge is 0.163 e. The number of hydrogen-bond donors (Lipinski definition) is 4. The molecule has 17 rings (SSSR count). The second kappa shape index (κ2) is 21.9. The van der Waals surface area contributed by atoms with Gasteiger partial charge < -0.3 is 68.5 Å². The number of hydrogen-bond acceptors (Lipinski definition) is 17. The number of aliphatic hydroxyl groups is 2. The largest absolute Gasteiger partial charge is 0.390 e. The van der Waals surface area contributed by atoms with E-state index in [0.717, 1.165) is 72.6 Å². The van der Waals surface area contributed by atoms with Crippen molar-refractivity contribution in [3.8, 4) is 0 Å². The molecule has 11 heterocycles. The standard InChI is InChI=1S/C22H21Cl2N3O3.C22H23ClN4O3.C19H19ClN4O3/c2*1-22(2)29-18-15(17-13-4-3-12(23)7-11(13)9-28-17)8-16(19(18)30-22)27-6-5-14-20(24)25-10-26-21(14)27;20-10-1-2-11-9(5-10)7-27-17(11)13-6-14(16(26)15(13)25)24-4-3-12-18(21)22-8-23-19(12)24/h3-7,10,15-19H,8-9H2,1-2H3;3-7,10,15-19H,8-9H2,1-2H3,(H2,24,25,26);1-5,8,13-17,25-26H,6-7H2,(H2,21,22,23)/t2*15-,16-,17+,18-,19+;13-,14+,15+,16-,17-/m110/s1. The van der Waals surface area contributed by atoms with Crippen LogP contribution in [0.4, 0.5) is 11.6 Å². The van der Waals surface area contributed by atoms with E-state index in [1.165, 1.54) is 30.1 Å². The van der Waals surface area contributed by atoms with Crippen molar-refractivity contribution in [1.29, 1.82) is 0 Å². The maximum atomic E-state index is 10.8. The molecule has 5 aliphatic heterocycles. The van der Waals surface area contributed by atoms with Gasteiger partial charge in [0.1, 0.15) is 71.0 Å². The third-order valence-corrected chi connectivity index (χ3v) is 19.9. The molecular formula is C63H63Cl4N11O9. The highest BCUT2D eigenvalue weighted by Gasteiger charge is 2.59. The normalized spacial score (nSPS) is 31.4. The van der Waals surface area contributed by atoms with Crippen molar-refractivity contribution >= 4 is 91.1 Å². The van der Waals surface area contributed by atoms with Crippen LogP contribution in [0.25, 0.3) is 33.1 Å². The first-order chi connectivity index (χ1) is 41.9. The first kappa shape index (κ1) is 57.4. The number of halogens is 4. The molecule has 0 amide bonds. The van der Waals surface area contributed by atoms with Gasteiger partial charge in [0.05, 0.1) is 90.7 Å². The van der Waals surface area contributed by atoms with E-state index in [-0.39, 0.29) is 78.6 Å². The van der Waals surface area contributed by atoms with Crippen LogP contribution in [0.2, 0.25) is 20.2 Å². The second-order valence-electron chi connectivity index (χ2n) is 24.8. The lowest BCUT2D eigenvalue weighted by Crippen LogP contribution is -2.31. The number of rotatable bonds is 6. The SMILES string of the molecule is CC1(C)O[C@@H]2[C@@H]([C@H]3OCc4cc(Cl)ccc43)C[C@@H](n3ccc4c(Cl)ncnc43)[C@@H]2O1.CC1(C)O[C@@H]2[C@@H]([C@H]3OCc4cc(Cl)ccc43)C[C@@H](n3ccc4c(N)ncnc43)[C@@H]2O1.Nc1ncnc2c1ccn2[C@@H]1C[C@H]([C@H]2OCc3cc(Cl)ccc32)[C@@H](O)[C@H]1O. The van der Waals surface area contributed by atoms with E-state index in [1.807, 2.05) is 112 Å². The molecule has 0 radical (unpaired) electrons. The number of nitrogens with zero attached hydrogens (tertiary/aromatic N) is 9. The fourth-order valence-corrected chi connectivity index (χ4v) is 16.0. The van der Waals surface area contributed by atoms with Crippen LogP contribution in [0, 0.1) is 17.8 Å². The average molecular weight is 1260 g/mol. The fourth-order valence-electron chi connectivity index (χ4n) is 15.3. The van der Waals surface area contributed by atoms with Crippen molar-refractivity contribution < 1.29 is 43.4 Å². The molecule has 0 spiro atoms. The van der Waals surface area contributed by atoms with Crippen molar-refractivity contribution in [2.24, 2.45) is 17.8 Å². The Morgan fingerprint density at radius 2 is 0.816 bits per heavy atom. The summed E-state index contributed by atoms with van der Waals surface area (Å²) in [6.07, 6.45) is 10.0.